The first-order valence-electron chi connectivity index (χ1n) is 7.84. The summed E-state index contributed by atoms with van der Waals surface area (Å²) in [6.45, 7) is 0. The Kier molecular flexibility index (Phi) is 4.79. The third-order valence-electron chi connectivity index (χ3n) is 4.18. The highest BCUT2D eigenvalue weighted by Gasteiger charge is 2.35. The van der Waals surface area contributed by atoms with E-state index in [1.165, 1.54) is 18.2 Å². The molecule has 0 radical (unpaired) electrons. The maximum atomic E-state index is 12.3. The largest absolute Gasteiger partial charge is 0.334 e. The molecule has 2 aromatic rings. The van der Waals surface area contributed by atoms with Crippen molar-refractivity contribution in [2.45, 2.75) is 35.4 Å². The monoisotopic (exact) mass is 375 g/mol. The number of nitrogens with one attached hydrogen (secondary N) is 2. The Morgan fingerprint density at radius 2 is 1.84 bits per heavy atom. The van der Waals surface area contributed by atoms with Crippen LogP contribution in [0.1, 0.15) is 36.0 Å². The molecule has 1 heterocycles. The smallest absolute Gasteiger partial charge is 0.271 e. The highest BCUT2D eigenvalue weighted by molar-refractivity contribution is 7.94. The number of carbonyl (C=O) groups excluding carboxylic acids is 1. The molecule has 0 bridgehead atoms. The summed E-state index contributed by atoms with van der Waals surface area (Å²) in [5.74, 6) is -0.323. The Morgan fingerprint density at radius 3 is 2.40 bits per heavy atom. The molecule has 6 nitrogen and oxygen atoms in total. The second kappa shape index (κ2) is 6.86. The fraction of sp³-hybridized carbons (Fsp3) is 0.294. The second-order valence-electron chi connectivity index (χ2n) is 5.97. The Bertz CT molecular complexity index is 892. The fourth-order valence-corrected chi connectivity index (χ4v) is 4.90. The summed E-state index contributed by atoms with van der Waals surface area (Å²) in [6.07, 6.45) is 3.18. The van der Waals surface area contributed by atoms with E-state index in [9.17, 15) is 18.5 Å². The minimum Gasteiger partial charge on any atom is -0.334 e. The van der Waals surface area contributed by atoms with Crippen molar-refractivity contribution < 1.29 is 13.2 Å². The number of rotatable bonds is 5. The van der Waals surface area contributed by atoms with Crippen LogP contribution in [0, 0.1) is 11.3 Å². The molecule has 1 saturated carbocycles. The summed E-state index contributed by atoms with van der Waals surface area (Å²) in [5, 5.41) is 13.8. The Labute approximate surface area is 150 Å². The SMILES string of the molecule is N#CC1(NC(=O)c2ccc(NS(=O)(=O)c3cccs3)cc2)CCCC1. The van der Waals surface area contributed by atoms with Crippen LogP contribution in [-0.2, 0) is 10.0 Å². The van der Waals surface area contributed by atoms with Gasteiger partial charge in [-0.25, -0.2) is 8.42 Å². The highest BCUT2D eigenvalue weighted by atomic mass is 32.2. The Morgan fingerprint density at radius 1 is 1.16 bits per heavy atom. The lowest BCUT2D eigenvalue weighted by molar-refractivity contribution is 0.0920. The van der Waals surface area contributed by atoms with Gasteiger partial charge in [-0.15, -0.1) is 11.3 Å². The Hall–Kier alpha value is -2.37. The Balaban J connectivity index is 1.70. The molecule has 1 fully saturated rings. The molecule has 0 spiro atoms. The van der Waals surface area contributed by atoms with Gasteiger partial charge in [-0.1, -0.05) is 6.07 Å². The van der Waals surface area contributed by atoms with Crippen LogP contribution in [0.25, 0.3) is 0 Å². The lowest BCUT2D eigenvalue weighted by Gasteiger charge is -2.22. The van der Waals surface area contributed by atoms with Gasteiger partial charge in [-0.2, -0.15) is 5.26 Å². The molecule has 8 heteroatoms. The molecule has 3 rings (SSSR count). The molecule has 130 valence electrons. The predicted molar refractivity (Wildman–Crippen MR) is 95.8 cm³/mol. The molecule has 0 atom stereocenters. The molecule has 0 aliphatic heterocycles. The minimum absolute atomic E-state index is 0.228. The number of benzene rings is 1. The van der Waals surface area contributed by atoms with Crippen LogP contribution < -0.4 is 10.0 Å². The first-order chi connectivity index (χ1) is 11.9. The van der Waals surface area contributed by atoms with E-state index >= 15 is 0 Å². The van der Waals surface area contributed by atoms with Gasteiger partial charge in [0.1, 0.15) is 9.75 Å². The van der Waals surface area contributed by atoms with Crippen molar-refractivity contribution >= 4 is 33.0 Å². The predicted octanol–water partition coefficient (Wildman–Crippen LogP) is 3.12. The van der Waals surface area contributed by atoms with Gasteiger partial charge in [0.2, 0.25) is 0 Å². The van der Waals surface area contributed by atoms with Crippen molar-refractivity contribution in [1.82, 2.24) is 5.32 Å². The minimum atomic E-state index is -3.61. The van der Waals surface area contributed by atoms with E-state index in [0.29, 0.717) is 24.1 Å². The zero-order valence-corrected chi connectivity index (χ0v) is 15.0. The van der Waals surface area contributed by atoms with Crippen LogP contribution in [0.5, 0.6) is 0 Å². The summed E-state index contributed by atoms with van der Waals surface area (Å²) in [4.78, 5) is 12.3. The molecular formula is C17H17N3O3S2. The van der Waals surface area contributed by atoms with Crippen LogP contribution in [0.3, 0.4) is 0 Å². The maximum absolute atomic E-state index is 12.3. The van der Waals surface area contributed by atoms with Crippen molar-refractivity contribution in [3.05, 3.63) is 47.3 Å². The zero-order chi connectivity index (χ0) is 17.9. The van der Waals surface area contributed by atoms with Crippen LogP contribution >= 0.6 is 11.3 Å². The van der Waals surface area contributed by atoms with Crippen LogP contribution in [0.2, 0.25) is 0 Å². The first-order valence-corrected chi connectivity index (χ1v) is 10.2. The summed E-state index contributed by atoms with van der Waals surface area (Å²) >= 11 is 1.13. The number of thiophene rings is 1. The van der Waals surface area contributed by atoms with E-state index in [4.69, 9.17) is 0 Å². The third kappa shape index (κ3) is 3.83. The summed E-state index contributed by atoms with van der Waals surface area (Å²) in [5.41, 5.74) is -0.0160. The van der Waals surface area contributed by atoms with Gasteiger partial charge >= 0.3 is 0 Å². The average Bonchev–Trinajstić information content (AvgIpc) is 3.28. The van der Waals surface area contributed by atoms with Crippen molar-refractivity contribution in [1.29, 1.82) is 5.26 Å². The zero-order valence-electron chi connectivity index (χ0n) is 13.4. The molecule has 25 heavy (non-hydrogen) atoms. The van der Waals surface area contributed by atoms with Gasteiger partial charge in [0.05, 0.1) is 6.07 Å². The maximum Gasteiger partial charge on any atom is 0.271 e. The van der Waals surface area contributed by atoms with E-state index in [1.54, 1.807) is 23.6 Å². The van der Waals surface area contributed by atoms with E-state index in [1.807, 2.05) is 0 Å². The van der Waals surface area contributed by atoms with Crippen LogP contribution in [0.4, 0.5) is 5.69 Å². The van der Waals surface area contributed by atoms with Crippen molar-refractivity contribution in [2.75, 3.05) is 4.72 Å². The molecule has 1 aromatic heterocycles. The second-order valence-corrected chi connectivity index (χ2v) is 8.83. The average molecular weight is 375 g/mol. The van der Waals surface area contributed by atoms with Gasteiger partial charge in [-0.3, -0.25) is 9.52 Å². The van der Waals surface area contributed by atoms with Crippen LogP contribution in [-0.4, -0.2) is 19.9 Å². The van der Waals surface area contributed by atoms with Gasteiger partial charge in [-0.05, 0) is 61.4 Å². The summed E-state index contributed by atoms with van der Waals surface area (Å²) in [6, 6.07) is 11.6. The number of hydrogen-bond acceptors (Lipinski definition) is 5. The number of sulfonamides is 1. The molecule has 1 amide bonds. The number of anilines is 1. The quantitative estimate of drug-likeness (QED) is 0.839. The van der Waals surface area contributed by atoms with Crippen molar-refractivity contribution in [3.63, 3.8) is 0 Å². The number of hydrogen-bond donors (Lipinski definition) is 2. The van der Waals surface area contributed by atoms with Crippen molar-refractivity contribution in [3.8, 4) is 6.07 Å². The number of carbonyl (C=O) groups is 1. The lowest BCUT2D eigenvalue weighted by atomic mass is 9.99. The van der Waals surface area contributed by atoms with Crippen molar-refractivity contribution in [2.24, 2.45) is 0 Å². The normalized spacial score (nSPS) is 16.1. The van der Waals surface area contributed by atoms with E-state index < -0.39 is 15.6 Å². The van der Waals surface area contributed by atoms with E-state index in [-0.39, 0.29) is 10.1 Å². The van der Waals surface area contributed by atoms with Gasteiger partial charge in [0.25, 0.3) is 15.9 Å². The van der Waals surface area contributed by atoms with E-state index in [2.05, 4.69) is 16.1 Å². The lowest BCUT2D eigenvalue weighted by Crippen LogP contribution is -2.45. The number of amides is 1. The molecule has 2 N–H and O–H groups in total. The topological polar surface area (TPSA) is 99.1 Å². The number of nitrogens with zero attached hydrogens (tertiary/aromatic N) is 1. The fourth-order valence-electron chi connectivity index (χ4n) is 2.84. The molecule has 1 aliphatic rings. The summed E-state index contributed by atoms with van der Waals surface area (Å²) in [7, 11) is -3.61. The van der Waals surface area contributed by atoms with Gasteiger partial charge in [0, 0.05) is 11.3 Å². The van der Waals surface area contributed by atoms with Gasteiger partial charge in [0.15, 0.2) is 0 Å². The van der Waals surface area contributed by atoms with Crippen LogP contribution in [0.15, 0.2) is 46.0 Å². The molecule has 0 saturated heterocycles. The highest BCUT2D eigenvalue weighted by Crippen LogP contribution is 2.29. The number of nitriles is 1. The molecule has 1 aromatic carbocycles. The molecule has 0 unspecified atom stereocenters. The molecule has 1 aliphatic carbocycles. The van der Waals surface area contributed by atoms with Gasteiger partial charge < -0.3 is 5.32 Å². The standard InChI is InChI=1S/C17H17N3O3S2/c18-12-17(9-1-2-10-17)19-16(21)13-5-7-14(8-6-13)20-25(22,23)15-4-3-11-24-15/h3-8,11,20H,1-2,9-10H2,(H,19,21). The third-order valence-corrected chi connectivity index (χ3v) is 6.96. The first kappa shape index (κ1) is 17.5. The summed E-state index contributed by atoms with van der Waals surface area (Å²) < 4.78 is 27.1. The van der Waals surface area contributed by atoms with E-state index in [0.717, 1.165) is 24.2 Å². The molecular weight excluding hydrogens is 358 g/mol.